The van der Waals surface area contributed by atoms with E-state index in [2.05, 4.69) is 26.2 Å². The second kappa shape index (κ2) is 5.76. The molecule has 1 aromatic heterocycles. The molecule has 0 saturated heterocycles. The fraction of sp³-hybridized carbons (Fsp3) is 0.444. The first-order chi connectivity index (χ1) is 7.54. The molecule has 0 spiro atoms. The molecule has 1 atom stereocenters. The van der Waals surface area contributed by atoms with Crippen molar-refractivity contribution in [3.63, 3.8) is 0 Å². The van der Waals surface area contributed by atoms with E-state index in [1.807, 2.05) is 6.92 Å². The van der Waals surface area contributed by atoms with Crippen LogP contribution < -0.4 is 11.1 Å². The largest absolute Gasteiger partial charge is 0.368 e. The number of anilines is 1. The Labute approximate surface area is 102 Å². The van der Waals surface area contributed by atoms with E-state index in [-0.39, 0.29) is 11.7 Å². The SMILES string of the molecule is CCC(N)CNc1ncc([N+](=O)[O-])cc1Br. The van der Waals surface area contributed by atoms with Gasteiger partial charge in [0.05, 0.1) is 9.40 Å². The summed E-state index contributed by atoms with van der Waals surface area (Å²) in [6, 6.07) is 1.45. The summed E-state index contributed by atoms with van der Waals surface area (Å²) in [5, 5.41) is 13.5. The maximum Gasteiger partial charge on any atom is 0.288 e. The van der Waals surface area contributed by atoms with Crippen LogP contribution in [-0.4, -0.2) is 22.5 Å². The van der Waals surface area contributed by atoms with Crippen molar-refractivity contribution in [3.8, 4) is 0 Å². The van der Waals surface area contributed by atoms with Crippen LogP contribution in [0.3, 0.4) is 0 Å². The maximum atomic E-state index is 10.5. The van der Waals surface area contributed by atoms with Gasteiger partial charge in [0.2, 0.25) is 0 Å². The van der Waals surface area contributed by atoms with Crippen molar-refractivity contribution in [2.24, 2.45) is 5.73 Å². The standard InChI is InChI=1S/C9H13BrN4O2/c1-2-6(11)4-12-9-8(10)3-7(5-13-9)14(15)16/h3,5-6H,2,4,11H2,1H3,(H,12,13). The monoisotopic (exact) mass is 288 g/mol. The predicted octanol–water partition coefficient (Wildman–Crippen LogP) is 1.90. The highest BCUT2D eigenvalue weighted by molar-refractivity contribution is 9.10. The van der Waals surface area contributed by atoms with Crippen LogP contribution in [0.1, 0.15) is 13.3 Å². The van der Waals surface area contributed by atoms with Gasteiger partial charge in [-0.15, -0.1) is 0 Å². The van der Waals surface area contributed by atoms with E-state index >= 15 is 0 Å². The van der Waals surface area contributed by atoms with E-state index in [0.717, 1.165) is 6.42 Å². The molecule has 0 aliphatic rings. The highest BCUT2D eigenvalue weighted by atomic mass is 79.9. The van der Waals surface area contributed by atoms with Gasteiger partial charge in [-0.2, -0.15) is 0 Å². The number of hydrogen-bond acceptors (Lipinski definition) is 5. The topological polar surface area (TPSA) is 94.1 Å². The Morgan fingerprint density at radius 1 is 1.75 bits per heavy atom. The third-order valence-corrected chi connectivity index (χ3v) is 2.70. The van der Waals surface area contributed by atoms with Crippen LogP contribution in [0.15, 0.2) is 16.7 Å². The van der Waals surface area contributed by atoms with Crippen molar-refractivity contribution in [2.45, 2.75) is 19.4 Å². The fourth-order valence-electron chi connectivity index (χ4n) is 1.03. The third-order valence-electron chi connectivity index (χ3n) is 2.09. The smallest absolute Gasteiger partial charge is 0.288 e. The van der Waals surface area contributed by atoms with E-state index < -0.39 is 4.92 Å². The number of hydrogen-bond donors (Lipinski definition) is 2. The van der Waals surface area contributed by atoms with E-state index in [0.29, 0.717) is 16.8 Å². The van der Waals surface area contributed by atoms with Gasteiger partial charge in [-0.05, 0) is 22.4 Å². The lowest BCUT2D eigenvalue weighted by molar-refractivity contribution is -0.385. The van der Waals surface area contributed by atoms with Gasteiger partial charge in [0.25, 0.3) is 5.69 Å². The lowest BCUT2D eigenvalue weighted by Crippen LogP contribution is -2.28. The lowest BCUT2D eigenvalue weighted by Gasteiger charge is -2.11. The number of nitro groups is 1. The van der Waals surface area contributed by atoms with Crippen molar-refractivity contribution in [1.29, 1.82) is 0 Å². The van der Waals surface area contributed by atoms with Crippen molar-refractivity contribution in [2.75, 3.05) is 11.9 Å². The normalized spacial score (nSPS) is 12.2. The van der Waals surface area contributed by atoms with Crippen LogP contribution in [0.25, 0.3) is 0 Å². The predicted molar refractivity (Wildman–Crippen MR) is 65.3 cm³/mol. The first-order valence-electron chi connectivity index (χ1n) is 4.84. The first-order valence-corrected chi connectivity index (χ1v) is 5.63. The minimum atomic E-state index is -0.487. The molecule has 1 heterocycles. The summed E-state index contributed by atoms with van der Waals surface area (Å²) in [6.07, 6.45) is 2.07. The Bertz CT molecular complexity index is 386. The van der Waals surface area contributed by atoms with Crippen molar-refractivity contribution in [1.82, 2.24) is 4.98 Å². The Morgan fingerprint density at radius 2 is 2.44 bits per heavy atom. The molecule has 88 valence electrons. The first kappa shape index (κ1) is 12.9. The minimum absolute atomic E-state index is 0.0442. The van der Waals surface area contributed by atoms with Crippen molar-refractivity contribution < 1.29 is 4.92 Å². The summed E-state index contributed by atoms with van der Waals surface area (Å²) < 4.78 is 0.560. The zero-order chi connectivity index (χ0) is 12.1. The molecule has 1 rings (SSSR count). The molecular formula is C9H13BrN4O2. The maximum absolute atomic E-state index is 10.5. The van der Waals surface area contributed by atoms with Crippen LogP contribution in [0.5, 0.6) is 0 Å². The van der Waals surface area contributed by atoms with Gasteiger partial charge in [-0.25, -0.2) is 4.98 Å². The van der Waals surface area contributed by atoms with Crippen LogP contribution in [0.2, 0.25) is 0 Å². The summed E-state index contributed by atoms with van der Waals surface area (Å²) in [6.45, 7) is 2.57. The molecule has 7 heteroatoms. The fourth-order valence-corrected chi connectivity index (χ4v) is 1.51. The summed E-state index contributed by atoms with van der Waals surface area (Å²) in [5.74, 6) is 0.564. The molecule has 0 amide bonds. The third kappa shape index (κ3) is 3.42. The van der Waals surface area contributed by atoms with Gasteiger partial charge < -0.3 is 11.1 Å². The summed E-state index contributed by atoms with van der Waals surface area (Å²) in [4.78, 5) is 13.9. The van der Waals surface area contributed by atoms with Crippen LogP contribution >= 0.6 is 15.9 Å². The minimum Gasteiger partial charge on any atom is -0.368 e. The van der Waals surface area contributed by atoms with Crippen LogP contribution in [0, 0.1) is 10.1 Å². The second-order valence-corrected chi connectivity index (χ2v) is 4.18. The van der Waals surface area contributed by atoms with E-state index in [4.69, 9.17) is 5.73 Å². The quantitative estimate of drug-likeness (QED) is 0.637. The number of nitrogens with two attached hydrogens (primary N) is 1. The lowest BCUT2D eigenvalue weighted by atomic mass is 10.2. The molecule has 1 aromatic rings. The number of halogens is 1. The highest BCUT2D eigenvalue weighted by Crippen LogP contribution is 2.24. The number of rotatable bonds is 5. The van der Waals surface area contributed by atoms with Gasteiger partial charge in [0.15, 0.2) is 0 Å². The number of nitrogens with zero attached hydrogens (tertiary/aromatic N) is 2. The van der Waals surface area contributed by atoms with E-state index in [9.17, 15) is 10.1 Å². The van der Waals surface area contributed by atoms with Gasteiger partial charge >= 0.3 is 0 Å². The molecular weight excluding hydrogens is 276 g/mol. The molecule has 6 nitrogen and oxygen atoms in total. The molecule has 3 N–H and O–H groups in total. The van der Waals surface area contributed by atoms with E-state index in [1.54, 1.807) is 0 Å². The molecule has 0 aliphatic heterocycles. The molecule has 16 heavy (non-hydrogen) atoms. The second-order valence-electron chi connectivity index (χ2n) is 3.33. The molecule has 0 bridgehead atoms. The molecule has 0 aromatic carbocycles. The van der Waals surface area contributed by atoms with Crippen molar-refractivity contribution >= 4 is 27.4 Å². The highest BCUT2D eigenvalue weighted by Gasteiger charge is 2.10. The average Bonchev–Trinajstić information content (AvgIpc) is 2.26. The zero-order valence-corrected chi connectivity index (χ0v) is 10.4. The molecule has 1 unspecified atom stereocenters. The number of pyridine rings is 1. The van der Waals surface area contributed by atoms with Gasteiger partial charge in [-0.1, -0.05) is 6.92 Å². The van der Waals surface area contributed by atoms with Crippen molar-refractivity contribution in [3.05, 3.63) is 26.9 Å². The van der Waals surface area contributed by atoms with Crippen LogP contribution in [-0.2, 0) is 0 Å². The number of nitrogens with one attached hydrogen (secondary N) is 1. The molecule has 0 radical (unpaired) electrons. The van der Waals surface area contributed by atoms with Gasteiger partial charge in [0.1, 0.15) is 12.0 Å². The summed E-state index contributed by atoms with van der Waals surface area (Å²) in [5.41, 5.74) is 5.69. The Kier molecular flexibility index (Phi) is 4.63. The van der Waals surface area contributed by atoms with Gasteiger partial charge in [0, 0.05) is 18.7 Å². The number of aromatic nitrogens is 1. The zero-order valence-electron chi connectivity index (χ0n) is 8.81. The summed E-state index contributed by atoms with van der Waals surface area (Å²) >= 11 is 3.22. The van der Waals surface area contributed by atoms with Crippen LogP contribution in [0.4, 0.5) is 11.5 Å². The molecule has 0 aliphatic carbocycles. The van der Waals surface area contributed by atoms with E-state index in [1.165, 1.54) is 12.3 Å². The summed E-state index contributed by atoms with van der Waals surface area (Å²) in [7, 11) is 0. The Hall–Kier alpha value is -1.21. The Morgan fingerprint density at radius 3 is 2.94 bits per heavy atom. The Balaban J connectivity index is 2.72. The van der Waals surface area contributed by atoms with Gasteiger partial charge in [-0.3, -0.25) is 10.1 Å². The molecule has 0 saturated carbocycles. The average molecular weight is 289 g/mol. The molecule has 0 fully saturated rings.